The summed E-state index contributed by atoms with van der Waals surface area (Å²) in [6.45, 7) is 3.52. The van der Waals surface area contributed by atoms with Crippen LogP contribution in [0.3, 0.4) is 0 Å². The number of benzene rings is 1. The van der Waals surface area contributed by atoms with Crippen molar-refractivity contribution in [2.45, 2.75) is 32.8 Å². The van der Waals surface area contributed by atoms with Crippen molar-refractivity contribution in [3.05, 3.63) is 29.8 Å². The number of hydrogen-bond acceptors (Lipinski definition) is 3. The Hall–Kier alpha value is -2.04. The number of carboxylic acids is 1. The van der Waals surface area contributed by atoms with Gasteiger partial charge in [-0.05, 0) is 25.0 Å². The summed E-state index contributed by atoms with van der Waals surface area (Å²) in [5, 5.41) is 11.9. The summed E-state index contributed by atoms with van der Waals surface area (Å²) in [5.74, 6) is -0.442. The maximum absolute atomic E-state index is 12.1. The van der Waals surface area contributed by atoms with Gasteiger partial charge < -0.3 is 15.2 Å². The van der Waals surface area contributed by atoms with Gasteiger partial charge in [-0.25, -0.2) is 0 Å². The van der Waals surface area contributed by atoms with Crippen molar-refractivity contribution in [2.75, 3.05) is 6.54 Å². The lowest BCUT2D eigenvalue weighted by Crippen LogP contribution is -2.45. The van der Waals surface area contributed by atoms with Crippen LogP contribution in [0, 0.1) is 5.41 Å². The summed E-state index contributed by atoms with van der Waals surface area (Å²) in [4.78, 5) is 23.3. The van der Waals surface area contributed by atoms with Gasteiger partial charge in [0, 0.05) is 13.0 Å². The van der Waals surface area contributed by atoms with E-state index in [2.05, 4.69) is 5.32 Å². The molecule has 0 saturated heterocycles. The Balaban J connectivity index is 1.93. The Labute approximate surface area is 117 Å². The van der Waals surface area contributed by atoms with Gasteiger partial charge in [-0.1, -0.05) is 25.1 Å². The normalized spacial score (nSPS) is 19.6. The molecule has 0 fully saturated rings. The summed E-state index contributed by atoms with van der Waals surface area (Å²) >= 11 is 0. The molecule has 2 unspecified atom stereocenters. The van der Waals surface area contributed by atoms with Crippen LogP contribution in [0.25, 0.3) is 0 Å². The molecule has 1 aliphatic heterocycles. The first-order chi connectivity index (χ1) is 9.46. The van der Waals surface area contributed by atoms with E-state index in [1.165, 1.54) is 0 Å². The van der Waals surface area contributed by atoms with E-state index in [4.69, 9.17) is 4.74 Å². The highest BCUT2D eigenvalue weighted by molar-refractivity contribution is 5.83. The van der Waals surface area contributed by atoms with Gasteiger partial charge in [-0.15, -0.1) is 0 Å². The molecule has 0 saturated carbocycles. The molecule has 108 valence electrons. The SMILES string of the molecule is CCC(C)(CNC(=O)C1Cc2ccccc2O1)C(=O)O. The van der Waals surface area contributed by atoms with E-state index in [1.54, 1.807) is 13.8 Å². The molecule has 2 N–H and O–H groups in total. The van der Waals surface area contributed by atoms with Crippen molar-refractivity contribution in [2.24, 2.45) is 5.41 Å². The van der Waals surface area contributed by atoms with E-state index in [-0.39, 0.29) is 12.5 Å². The Kier molecular flexibility index (Phi) is 3.97. The number of amides is 1. The van der Waals surface area contributed by atoms with E-state index >= 15 is 0 Å². The Morgan fingerprint density at radius 1 is 1.45 bits per heavy atom. The fourth-order valence-electron chi connectivity index (χ4n) is 2.08. The molecule has 2 atom stereocenters. The average Bonchev–Trinajstić information content (AvgIpc) is 2.88. The molecule has 0 radical (unpaired) electrons. The standard InChI is InChI=1S/C15H19NO4/c1-3-15(2,14(18)19)9-16-13(17)12-8-10-6-4-5-7-11(10)20-12/h4-7,12H,3,8-9H2,1-2H3,(H,16,17)(H,18,19). The highest BCUT2D eigenvalue weighted by Gasteiger charge is 2.34. The molecule has 0 spiro atoms. The zero-order valence-electron chi connectivity index (χ0n) is 11.7. The van der Waals surface area contributed by atoms with E-state index < -0.39 is 17.5 Å². The zero-order chi connectivity index (χ0) is 14.8. The van der Waals surface area contributed by atoms with Crippen LogP contribution >= 0.6 is 0 Å². The minimum atomic E-state index is -0.943. The largest absolute Gasteiger partial charge is 0.481 e. The number of nitrogens with one attached hydrogen (secondary N) is 1. The number of carbonyl (C=O) groups is 2. The third kappa shape index (κ3) is 2.76. The smallest absolute Gasteiger partial charge is 0.311 e. The molecule has 1 aromatic rings. The van der Waals surface area contributed by atoms with Crippen LogP contribution in [-0.2, 0) is 16.0 Å². The molecule has 5 heteroatoms. The van der Waals surface area contributed by atoms with Gasteiger partial charge in [0.25, 0.3) is 5.91 Å². The summed E-state index contributed by atoms with van der Waals surface area (Å²) in [6, 6.07) is 7.52. The first-order valence-electron chi connectivity index (χ1n) is 6.72. The number of hydrogen-bond donors (Lipinski definition) is 2. The Morgan fingerprint density at radius 2 is 2.15 bits per heavy atom. The highest BCUT2D eigenvalue weighted by Crippen LogP contribution is 2.28. The Morgan fingerprint density at radius 3 is 2.75 bits per heavy atom. The van der Waals surface area contributed by atoms with Gasteiger partial charge >= 0.3 is 5.97 Å². The van der Waals surface area contributed by atoms with Gasteiger partial charge in [0.15, 0.2) is 6.10 Å². The van der Waals surface area contributed by atoms with Crippen molar-refractivity contribution in [1.29, 1.82) is 0 Å². The third-order valence-electron chi connectivity index (χ3n) is 3.89. The van der Waals surface area contributed by atoms with Gasteiger partial charge in [-0.2, -0.15) is 0 Å². The van der Waals surface area contributed by atoms with Gasteiger partial charge in [0.1, 0.15) is 5.75 Å². The summed E-state index contributed by atoms with van der Waals surface area (Å²) < 4.78 is 5.57. The molecule has 0 aliphatic carbocycles. The average molecular weight is 277 g/mol. The predicted molar refractivity (Wildman–Crippen MR) is 73.6 cm³/mol. The number of fused-ring (bicyclic) bond motifs is 1. The molecular weight excluding hydrogens is 258 g/mol. The fraction of sp³-hybridized carbons (Fsp3) is 0.467. The molecule has 0 bridgehead atoms. The van der Waals surface area contributed by atoms with Crippen LogP contribution < -0.4 is 10.1 Å². The number of carbonyl (C=O) groups excluding carboxylic acids is 1. The topological polar surface area (TPSA) is 75.6 Å². The fourth-order valence-corrected chi connectivity index (χ4v) is 2.08. The van der Waals surface area contributed by atoms with E-state index in [0.29, 0.717) is 12.8 Å². The molecule has 0 aromatic heterocycles. The molecule has 5 nitrogen and oxygen atoms in total. The number of rotatable bonds is 5. The monoisotopic (exact) mass is 277 g/mol. The maximum Gasteiger partial charge on any atom is 0.311 e. The van der Waals surface area contributed by atoms with E-state index in [9.17, 15) is 14.7 Å². The first kappa shape index (κ1) is 14.4. The maximum atomic E-state index is 12.1. The second kappa shape index (κ2) is 5.53. The lowest BCUT2D eigenvalue weighted by Gasteiger charge is -2.24. The number of ether oxygens (including phenoxy) is 1. The van der Waals surface area contributed by atoms with E-state index in [0.717, 1.165) is 11.3 Å². The minimum Gasteiger partial charge on any atom is -0.481 e. The quantitative estimate of drug-likeness (QED) is 0.857. The second-order valence-corrected chi connectivity index (χ2v) is 5.36. The lowest BCUT2D eigenvalue weighted by atomic mass is 9.87. The number of aliphatic carboxylic acids is 1. The molecule has 20 heavy (non-hydrogen) atoms. The molecular formula is C15H19NO4. The molecule has 1 aromatic carbocycles. The molecule has 1 amide bonds. The molecule has 1 heterocycles. The van der Waals surface area contributed by atoms with Crippen LogP contribution in [-0.4, -0.2) is 29.6 Å². The van der Waals surface area contributed by atoms with Crippen molar-refractivity contribution >= 4 is 11.9 Å². The van der Waals surface area contributed by atoms with Crippen LogP contribution in [0.2, 0.25) is 0 Å². The molecule has 2 rings (SSSR count). The van der Waals surface area contributed by atoms with Crippen molar-refractivity contribution in [1.82, 2.24) is 5.32 Å². The zero-order valence-corrected chi connectivity index (χ0v) is 11.7. The first-order valence-corrected chi connectivity index (χ1v) is 6.72. The number of carboxylic acid groups (broad SMARTS) is 1. The van der Waals surface area contributed by atoms with Gasteiger partial charge in [-0.3, -0.25) is 9.59 Å². The summed E-state index contributed by atoms with van der Waals surface area (Å²) in [6.07, 6.45) is 0.411. The third-order valence-corrected chi connectivity index (χ3v) is 3.89. The Bertz CT molecular complexity index is 503. The van der Waals surface area contributed by atoms with Crippen LogP contribution in [0.5, 0.6) is 5.75 Å². The van der Waals surface area contributed by atoms with Crippen LogP contribution in [0.4, 0.5) is 0 Å². The summed E-state index contributed by atoms with van der Waals surface area (Å²) in [7, 11) is 0. The van der Waals surface area contributed by atoms with Crippen molar-refractivity contribution < 1.29 is 19.4 Å². The van der Waals surface area contributed by atoms with Crippen molar-refractivity contribution in [3.63, 3.8) is 0 Å². The van der Waals surface area contributed by atoms with Crippen LogP contribution in [0.1, 0.15) is 25.8 Å². The molecule has 1 aliphatic rings. The predicted octanol–water partition coefficient (Wildman–Crippen LogP) is 1.61. The van der Waals surface area contributed by atoms with Crippen molar-refractivity contribution in [3.8, 4) is 5.75 Å². The lowest BCUT2D eigenvalue weighted by molar-refractivity contribution is -0.148. The van der Waals surface area contributed by atoms with Crippen LogP contribution in [0.15, 0.2) is 24.3 Å². The summed E-state index contributed by atoms with van der Waals surface area (Å²) in [5.41, 5.74) is 0.0605. The minimum absolute atomic E-state index is 0.105. The van der Waals surface area contributed by atoms with Gasteiger partial charge in [0.2, 0.25) is 0 Å². The second-order valence-electron chi connectivity index (χ2n) is 5.36. The highest BCUT2D eigenvalue weighted by atomic mass is 16.5. The van der Waals surface area contributed by atoms with Gasteiger partial charge in [0.05, 0.1) is 5.41 Å². The number of para-hydroxylation sites is 1. The van der Waals surface area contributed by atoms with E-state index in [1.807, 2.05) is 24.3 Å².